The molecule has 2 aromatic carbocycles. The fourth-order valence-corrected chi connectivity index (χ4v) is 2.39. The summed E-state index contributed by atoms with van der Waals surface area (Å²) in [6.45, 7) is 1.43. The standard InChI is InChI=1S/C20H16N6O2/c1-13(27)24-17-6-3-7-18(9-17)26-20-22-11-15(12-23-20)19(28)25-16-5-2-4-14(8-16)10-21/h2-9,11-12H,1H3,(H,24,27)(H,25,28)(H,22,23,26). The van der Waals surface area contributed by atoms with Crippen molar-refractivity contribution in [1.29, 1.82) is 5.26 Å². The second-order valence-electron chi connectivity index (χ2n) is 5.83. The summed E-state index contributed by atoms with van der Waals surface area (Å²) in [6.07, 6.45) is 2.80. The Morgan fingerprint density at radius 2 is 1.57 bits per heavy atom. The zero-order valence-electron chi connectivity index (χ0n) is 14.9. The Morgan fingerprint density at radius 3 is 2.25 bits per heavy atom. The van der Waals surface area contributed by atoms with Crippen LogP contribution in [0.25, 0.3) is 0 Å². The molecule has 138 valence electrons. The number of nitriles is 1. The maximum atomic E-state index is 12.3. The van der Waals surface area contributed by atoms with Gasteiger partial charge in [0.05, 0.1) is 17.2 Å². The number of carbonyl (C=O) groups excluding carboxylic acids is 2. The first-order valence-electron chi connectivity index (χ1n) is 8.32. The van der Waals surface area contributed by atoms with Gasteiger partial charge in [-0.1, -0.05) is 12.1 Å². The third-order valence-electron chi connectivity index (χ3n) is 3.60. The van der Waals surface area contributed by atoms with Gasteiger partial charge < -0.3 is 16.0 Å². The molecule has 0 bridgehead atoms. The van der Waals surface area contributed by atoms with Crippen molar-refractivity contribution in [3.8, 4) is 6.07 Å². The number of nitrogens with one attached hydrogen (secondary N) is 3. The van der Waals surface area contributed by atoms with Crippen LogP contribution in [0.5, 0.6) is 0 Å². The van der Waals surface area contributed by atoms with E-state index < -0.39 is 0 Å². The molecule has 3 aromatic rings. The second kappa shape index (κ2) is 8.42. The van der Waals surface area contributed by atoms with Crippen LogP contribution in [0.4, 0.5) is 23.0 Å². The van der Waals surface area contributed by atoms with Gasteiger partial charge in [0.1, 0.15) is 0 Å². The highest BCUT2D eigenvalue weighted by atomic mass is 16.2. The lowest BCUT2D eigenvalue weighted by Gasteiger charge is -2.08. The minimum absolute atomic E-state index is 0.163. The van der Waals surface area contributed by atoms with Crippen molar-refractivity contribution < 1.29 is 9.59 Å². The molecule has 0 aliphatic carbocycles. The van der Waals surface area contributed by atoms with E-state index in [0.29, 0.717) is 28.6 Å². The van der Waals surface area contributed by atoms with E-state index in [-0.39, 0.29) is 17.4 Å². The highest BCUT2D eigenvalue weighted by Crippen LogP contribution is 2.18. The Kier molecular flexibility index (Phi) is 5.58. The number of hydrogen-bond donors (Lipinski definition) is 3. The molecule has 0 radical (unpaired) electrons. The lowest BCUT2D eigenvalue weighted by molar-refractivity contribution is -0.114. The highest BCUT2D eigenvalue weighted by Gasteiger charge is 2.08. The summed E-state index contributed by atoms with van der Waals surface area (Å²) in [7, 11) is 0. The molecule has 0 atom stereocenters. The number of anilines is 4. The Balaban J connectivity index is 1.67. The van der Waals surface area contributed by atoms with Crippen LogP contribution < -0.4 is 16.0 Å². The molecule has 1 aromatic heterocycles. The molecule has 8 heteroatoms. The van der Waals surface area contributed by atoms with E-state index >= 15 is 0 Å². The van der Waals surface area contributed by atoms with Crippen LogP contribution in [-0.2, 0) is 4.79 Å². The normalized spacial score (nSPS) is 9.86. The summed E-state index contributed by atoms with van der Waals surface area (Å²) in [4.78, 5) is 31.7. The van der Waals surface area contributed by atoms with Crippen molar-refractivity contribution in [2.24, 2.45) is 0 Å². The van der Waals surface area contributed by atoms with Crippen molar-refractivity contribution in [1.82, 2.24) is 9.97 Å². The molecule has 1 heterocycles. The van der Waals surface area contributed by atoms with Gasteiger partial charge in [0.2, 0.25) is 11.9 Å². The van der Waals surface area contributed by atoms with Crippen molar-refractivity contribution >= 4 is 34.8 Å². The molecule has 0 spiro atoms. The van der Waals surface area contributed by atoms with Gasteiger partial charge in [-0.15, -0.1) is 0 Å². The van der Waals surface area contributed by atoms with Crippen molar-refractivity contribution in [2.45, 2.75) is 6.92 Å². The maximum Gasteiger partial charge on any atom is 0.258 e. The largest absolute Gasteiger partial charge is 0.326 e. The Bertz CT molecular complexity index is 1060. The number of carbonyl (C=O) groups is 2. The van der Waals surface area contributed by atoms with Gasteiger partial charge in [0, 0.05) is 36.4 Å². The van der Waals surface area contributed by atoms with Gasteiger partial charge in [-0.05, 0) is 36.4 Å². The Hall–Kier alpha value is -4.25. The molecule has 2 amide bonds. The smallest absolute Gasteiger partial charge is 0.258 e. The van der Waals surface area contributed by atoms with Crippen LogP contribution in [0.2, 0.25) is 0 Å². The van der Waals surface area contributed by atoms with E-state index in [1.54, 1.807) is 48.5 Å². The molecule has 0 aliphatic heterocycles. The van der Waals surface area contributed by atoms with Gasteiger partial charge in [-0.25, -0.2) is 9.97 Å². The summed E-state index contributed by atoms with van der Waals surface area (Å²) in [5.41, 5.74) is 2.58. The molecular formula is C20H16N6O2. The third kappa shape index (κ3) is 4.89. The van der Waals surface area contributed by atoms with Gasteiger partial charge in [0.15, 0.2) is 0 Å². The molecule has 0 saturated heterocycles. The minimum Gasteiger partial charge on any atom is -0.326 e. The van der Waals surface area contributed by atoms with Crippen LogP contribution in [0.3, 0.4) is 0 Å². The minimum atomic E-state index is -0.380. The van der Waals surface area contributed by atoms with E-state index in [4.69, 9.17) is 5.26 Å². The van der Waals surface area contributed by atoms with E-state index in [9.17, 15) is 9.59 Å². The van der Waals surface area contributed by atoms with Crippen LogP contribution in [0.1, 0.15) is 22.8 Å². The fraction of sp³-hybridized carbons (Fsp3) is 0.0500. The molecule has 0 fully saturated rings. The molecule has 3 N–H and O–H groups in total. The molecule has 28 heavy (non-hydrogen) atoms. The first-order valence-corrected chi connectivity index (χ1v) is 8.32. The third-order valence-corrected chi connectivity index (χ3v) is 3.60. The van der Waals surface area contributed by atoms with Crippen molar-refractivity contribution in [3.05, 3.63) is 72.1 Å². The molecule has 8 nitrogen and oxygen atoms in total. The van der Waals surface area contributed by atoms with Gasteiger partial charge >= 0.3 is 0 Å². The molecular weight excluding hydrogens is 356 g/mol. The van der Waals surface area contributed by atoms with Gasteiger partial charge in [-0.2, -0.15) is 5.26 Å². The van der Waals surface area contributed by atoms with E-state index in [1.807, 2.05) is 6.07 Å². The van der Waals surface area contributed by atoms with Gasteiger partial charge in [0.25, 0.3) is 5.91 Å². The number of amides is 2. The van der Waals surface area contributed by atoms with Crippen molar-refractivity contribution in [2.75, 3.05) is 16.0 Å². The average molecular weight is 372 g/mol. The van der Waals surface area contributed by atoms with Crippen LogP contribution in [0.15, 0.2) is 60.9 Å². The van der Waals surface area contributed by atoms with E-state index in [0.717, 1.165) is 0 Å². The first kappa shape index (κ1) is 18.5. The SMILES string of the molecule is CC(=O)Nc1cccc(Nc2ncc(C(=O)Nc3cccc(C#N)c3)cn2)c1. The van der Waals surface area contributed by atoms with Crippen LogP contribution in [-0.4, -0.2) is 21.8 Å². The van der Waals surface area contributed by atoms with Crippen molar-refractivity contribution in [3.63, 3.8) is 0 Å². The summed E-state index contributed by atoms with van der Waals surface area (Å²) in [5.74, 6) is -0.235. The Labute approximate surface area is 161 Å². The number of rotatable bonds is 5. The second-order valence-corrected chi connectivity index (χ2v) is 5.83. The number of hydrogen-bond acceptors (Lipinski definition) is 6. The predicted molar refractivity (Wildman–Crippen MR) is 105 cm³/mol. The zero-order chi connectivity index (χ0) is 19.9. The molecule has 3 rings (SSSR count). The van der Waals surface area contributed by atoms with Crippen LogP contribution in [0, 0.1) is 11.3 Å². The zero-order valence-corrected chi connectivity index (χ0v) is 14.9. The van der Waals surface area contributed by atoms with Crippen LogP contribution >= 0.6 is 0 Å². The van der Waals surface area contributed by atoms with Gasteiger partial charge in [-0.3, -0.25) is 9.59 Å². The number of aromatic nitrogens is 2. The lowest BCUT2D eigenvalue weighted by Crippen LogP contribution is -2.13. The quantitative estimate of drug-likeness (QED) is 0.632. The topological polar surface area (TPSA) is 120 Å². The molecule has 0 saturated carbocycles. The average Bonchev–Trinajstić information content (AvgIpc) is 2.68. The molecule has 0 unspecified atom stereocenters. The fourth-order valence-electron chi connectivity index (χ4n) is 2.39. The Morgan fingerprint density at radius 1 is 0.929 bits per heavy atom. The first-order chi connectivity index (χ1) is 13.5. The maximum absolute atomic E-state index is 12.3. The lowest BCUT2D eigenvalue weighted by atomic mass is 10.2. The number of nitrogens with zero attached hydrogens (tertiary/aromatic N) is 3. The number of benzene rings is 2. The highest BCUT2D eigenvalue weighted by molar-refractivity contribution is 6.04. The van der Waals surface area contributed by atoms with E-state index in [1.165, 1.54) is 19.3 Å². The monoisotopic (exact) mass is 372 g/mol. The summed E-state index contributed by atoms with van der Waals surface area (Å²) < 4.78 is 0. The van der Waals surface area contributed by atoms with E-state index in [2.05, 4.69) is 25.9 Å². The summed E-state index contributed by atoms with van der Waals surface area (Å²) in [5, 5.41) is 17.3. The predicted octanol–water partition coefficient (Wildman–Crippen LogP) is 3.30. The summed E-state index contributed by atoms with van der Waals surface area (Å²) >= 11 is 0. The molecule has 0 aliphatic rings. The summed E-state index contributed by atoms with van der Waals surface area (Å²) in [6, 6.07) is 15.7.